The number of nitrogens with one attached hydrogen (secondary N) is 2. The average Bonchev–Trinajstić information content (AvgIpc) is 2.66. The van der Waals surface area contributed by atoms with Crippen LogP contribution >= 0.6 is 0 Å². The van der Waals surface area contributed by atoms with Gasteiger partial charge in [0.05, 0.1) is 19.0 Å². The Balaban J connectivity index is 1.82. The Labute approximate surface area is 165 Å². The number of rotatable bonds is 6. The molecule has 3 rings (SSSR count). The van der Waals surface area contributed by atoms with E-state index in [0.717, 1.165) is 28.1 Å². The number of hydrogen-bond donors (Lipinski definition) is 2. The largest absolute Gasteiger partial charge is 0.495 e. The molecule has 28 heavy (non-hydrogen) atoms. The lowest BCUT2D eigenvalue weighted by atomic mass is 10.1. The fourth-order valence-corrected chi connectivity index (χ4v) is 4.13. The summed E-state index contributed by atoms with van der Waals surface area (Å²) < 4.78 is 33.2. The molecule has 3 aromatic rings. The second-order valence-electron chi connectivity index (χ2n) is 6.58. The summed E-state index contributed by atoms with van der Waals surface area (Å²) in [5.41, 5.74) is 4.85. The van der Waals surface area contributed by atoms with E-state index in [0.29, 0.717) is 0 Å². The minimum atomic E-state index is -3.82. The zero-order valence-corrected chi connectivity index (χ0v) is 17.1. The second-order valence-corrected chi connectivity index (χ2v) is 8.23. The van der Waals surface area contributed by atoms with Gasteiger partial charge >= 0.3 is 0 Å². The summed E-state index contributed by atoms with van der Waals surface area (Å²) in [7, 11) is -2.38. The smallest absolute Gasteiger partial charge is 0.266 e. The topological polar surface area (TPSA) is 80.3 Å². The monoisotopic (exact) mass is 397 g/mol. The van der Waals surface area contributed by atoms with E-state index in [2.05, 4.69) is 15.0 Å². The molecule has 1 heterocycles. The first-order chi connectivity index (χ1) is 13.3. The Morgan fingerprint density at radius 3 is 2.29 bits per heavy atom. The molecule has 0 bridgehead atoms. The van der Waals surface area contributed by atoms with Gasteiger partial charge in [0.1, 0.15) is 16.5 Å². The highest BCUT2D eigenvalue weighted by molar-refractivity contribution is 7.92. The van der Waals surface area contributed by atoms with Gasteiger partial charge in [-0.05, 0) is 61.7 Å². The highest BCUT2D eigenvalue weighted by atomic mass is 32.2. The predicted molar refractivity (Wildman–Crippen MR) is 112 cm³/mol. The van der Waals surface area contributed by atoms with Crippen LogP contribution in [0.15, 0.2) is 59.6 Å². The van der Waals surface area contributed by atoms with Crippen molar-refractivity contribution in [1.82, 2.24) is 4.98 Å². The zero-order chi connectivity index (χ0) is 20.3. The fraction of sp³-hybridized carbons (Fsp3) is 0.190. The number of nitrogens with zero attached hydrogens (tertiary/aromatic N) is 1. The third-order valence-electron chi connectivity index (χ3n) is 4.36. The molecule has 2 N–H and O–H groups in total. The molecule has 0 aliphatic rings. The molecule has 0 fully saturated rings. The van der Waals surface area contributed by atoms with Crippen LogP contribution in [0.1, 0.15) is 16.7 Å². The van der Waals surface area contributed by atoms with E-state index < -0.39 is 10.0 Å². The summed E-state index contributed by atoms with van der Waals surface area (Å²) in [4.78, 5) is 4.31. The van der Waals surface area contributed by atoms with Crippen molar-refractivity contribution in [1.29, 1.82) is 0 Å². The van der Waals surface area contributed by atoms with Gasteiger partial charge in [0, 0.05) is 5.69 Å². The molecule has 0 aliphatic carbocycles. The van der Waals surface area contributed by atoms with Gasteiger partial charge < -0.3 is 10.1 Å². The molecule has 0 amide bonds. The molecule has 0 radical (unpaired) electrons. The van der Waals surface area contributed by atoms with Crippen molar-refractivity contribution < 1.29 is 13.2 Å². The lowest BCUT2D eigenvalue weighted by Crippen LogP contribution is -2.15. The normalized spacial score (nSPS) is 11.1. The van der Waals surface area contributed by atoms with E-state index in [1.165, 1.54) is 7.11 Å². The molecule has 7 heteroatoms. The number of aromatic nitrogens is 1. The van der Waals surface area contributed by atoms with Gasteiger partial charge in [-0.2, -0.15) is 0 Å². The summed E-state index contributed by atoms with van der Waals surface area (Å²) in [5.74, 6) is 0.516. The van der Waals surface area contributed by atoms with Crippen molar-refractivity contribution in [2.45, 2.75) is 25.7 Å². The van der Waals surface area contributed by atoms with Gasteiger partial charge in [-0.15, -0.1) is 0 Å². The molecular weight excluding hydrogens is 374 g/mol. The predicted octanol–water partition coefficient (Wildman–Crippen LogP) is 4.56. The van der Waals surface area contributed by atoms with E-state index in [1.807, 2.05) is 39.0 Å². The van der Waals surface area contributed by atoms with Gasteiger partial charge in [-0.25, -0.2) is 13.4 Å². The van der Waals surface area contributed by atoms with Gasteiger partial charge in [-0.1, -0.05) is 24.3 Å². The lowest BCUT2D eigenvalue weighted by molar-refractivity contribution is 0.402. The van der Waals surface area contributed by atoms with Crippen molar-refractivity contribution in [3.8, 4) is 5.75 Å². The Kier molecular flexibility index (Phi) is 5.56. The number of anilines is 3. The van der Waals surface area contributed by atoms with Crippen LogP contribution < -0.4 is 14.8 Å². The van der Waals surface area contributed by atoms with Crippen molar-refractivity contribution in [3.63, 3.8) is 0 Å². The fourth-order valence-electron chi connectivity index (χ4n) is 2.87. The van der Waals surface area contributed by atoms with Gasteiger partial charge in [0.2, 0.25) is 0 Å². The van der Waals surface area contributed by atoms with Crippen LogP contribution in [-0.2, 0) is 10.0 Å². The quantitative estimate of drug-likeness (QED) is 0.637. The number of ether oxygens (including phenoxy) is 1. The van der Waals surface area contributed by atoms with Crippen molar-refractivity contribution >= 4 is 27.2 Å². The molecule has 1 aromatic heterocycles. The highest BCUT2D eigenvalue weighted by Gasteiger charge is 2.20. The summed E-state index contributed by atoms with van der Waals surface area (Å²) >= 11 is 0. The summed E-state index contributed by atoms with van der Waals surface area (Å²) in [6, 6.07) is 14.5. The van der Waals surface area contributed by atoms with E-state index in [9.17, 15) is 8.42 Å². The summed E-state index contributed by atoms with van der Waals surface area (Å²) in [6.45, 7) is 5.88. The number of sulfonamides is 1. The first-order valence-corrected chi connectivity index (χ1v) is 10.3. The zero-order valence-electron chi connectivity index (χ0n) is 16.3. The molecule has 0 saturated heterocycles. The highest BCUT2D eigenvalue weighted by Crippen LogP contribution is 2.27. The number of pyridine rings is 1. The molecule has 6 nitrogen and oxygen atoms in total. The van der Waals surface area contributed by atoms with Crippen LogP contribution in [0.5, 0.6) is 5.75 Å². The third kappa shape index (κ3) is 4.26. The van der Waals surface area contributed by atoms with E-state index >= 15 is 0 Å². The molecule has 0 aliphatic heterocycles. The molecule has 2 aromatic carbocycles. The van der Waals surface area contributed by atoms with E-state index in [4.69, 9.17) is 4.74 Å². The Morgan fingerprint density at radius 1 is 0.964 bits per heavy atom. The maximum atomic E-state index is 12.8. The third-order valence-corrected chi connectivity index (χ3v) is 5.74. The molecule has 0 saturated carbocycles. The van der Waals surface area contributed by atoms with E-state index in [-0.39, 0.29) is 16.5 Å². The maximum absolute atomic E-state index is 12.8. The summed E-state index contributed by atoms with van der Waals surface area (Å²) in [6.07, 6.45) is 1.59. The second kappa shape index (κ2) is 7.90. The molecule has 146 valence electrons. The number of hydrogen-bond acceptors (Lipinski definition) is 5. The van der Waals surface area contributed by atoms with Gasteiger partial charge in [-0.3, -0.25) is 4.72 Å². The van der Waals surface area contributed by atoms with Crippen molar-refractivity contribution in [2.75, 3.05) is 17.1 Å². The Morgan fingerprint density at radius 2 is 1.68 bits per heavy atom. The van der Waals surface area contributed by atoms with Crippen LogP contribution in [0.4, 0.5) is 17.2 Å². The number of benzene rings is 2. The molecule has 0 spiro atoms. The Bertz CT molecular complexity index is 1070. The standard InChI is InChI=1S/C21H23N3O3S/c1-14-8-10-18(27-4)19(12-14)28(25,26)24-20-11-9-17(13-22-20)23-21-15(2)6-5-7-16(21)3/h5-13,23H,1-4H3,(H,22,24). The number of para-hydroxylation sites is 1. The summed E-state index contributed by atoms with van der Waals surface area (Å²) in [5, 5.41) is 3.33. The SMILES string of the molecule is COc1ccc(C)cc1S(=O)(=O)Nc1ccc(Nc2c(C)cccc2C)cn1. The van der Waals surface area contributed by atoms with Crippen LogP contribution in [0.2, 0.25) is 0 Å². The van der Waals surface area contributed by atoms with Crippen LogP contribution in [-0.4, -0.2) is 20.5 Å². The Hall–Kier alpha value is -3.06. The first-order valence-electron chi connectivity index (χ1n) is 8.77. The van der Waals surface area contributed by atoms with Crippen molar-refractivity contribution in [2.24, 2.45) is 0 Å². The number of methoxy groups -OCH3 is 1. The van der Waals surface area contributed by atoms with Gasteiger partial charge in [0.25, 0.3) is 10.0 Å². The number of aryl methyl sites for hydroxylation is 3. The maximum Gasteiger partial charge on any atom is 0.266 e. The van der Waals surface area contributed by atoms with Crippen molar-refractivity contribution in [3.05, 3.63) is 71.4 Å². The lowest BCUT2D eigenvalue weighted by Gasteiger charge is -2.14. The van der Waals surface area contributed by atoms with Crippen LogP contribution in [0, 0.1) is 20.8 Å². The van der Waals surface area contributed by atoms with Crippen LogP contribution in [0.3, 0.4) is 0 Å². The molecular formula is C21H23N3O3S. The minimum absolute atomic E-state index is 0.0783. The molecule has 0 unspecified atom stereocenters. The van der Waals surface area contributed by atoms with E-state index in [1.54, 1.807) is 36.5 Å². The minimum Gasteiger partial charge on any atom is -0.495 e. The van der Waals surface area contributed by atoms with Gasteiger partial charge in [0.15, 0.2) is 0 Å². The first kappa shape index (κ1) is 19.7. The molecule has 0 atom stereocenters. The van der Waals surface area contributed by atoms with Crippen LogP contribution in [0.25, 0.3) is 0 Å². The average molecular weight is 398 g/mol.